The van der Waals surface area contributed by atoms with Crippen LogP contribution < -0.4 is 10.9 Å². The van der Waals surface area contributed by atoms with Gasteiger partial charge in [-0.3, -0.25) is 5.01 Å². The molecule has 22 heavy (non-hydrogen) atoms. The maximum Gasteiger partial charge on any atom is 0.226 e. The molecular formula is C14H10Cl3N5. The fourth-order valence-electron chi connectivity index (χ4n) is 2.05. The number of rotatable bonds is 3. The molecule has 0 atom stereocenters. The summed E-state index contributed by atoms with van der Waals surface area (Å²) in [5.41, 5.74) is 1.30. The molecule has 1 aromatic carbocycles. The van der Waals surface area contributed by atoms with Crippen LogP contribution in [0.3, 0.4) is 0 Å². The van der Waals surface area contributed by atoms with Crippen LogP contribution in [-0.4, -0.2) is 15.0 Å². The second kappa shape index (κ2) is 6.22. The summed E-state index contributed by atoms with van der Waals surface area (Å²) in [5.74, 6) is 6.61. The van der Waals surface area contributed by atoms with Gasteiger partial charge in [-0.2, -0.15) is 9.97 Å². The number of anilines is 1. The van der Waals surface area contributed by atoms with E-state index < -0.39 is 0 Å². The lowest BCUT2D eigenvalue weighted by atomic mass is 10.2. The highest BCUT2D eigenvalue weighted by molar-refractivity contribution is 6.35. The third-order valence-corrected chi connectivity index (χ3v) is 3.81. The highest BCUT2D eigenvalue weighted by Crippen LogP contribution is 2.26. The Morgan fingerprint density at radius 3 is 2.68 bits per heavy atom. The molecule has 0 aliphatic carbocycles. The normalized spacial score (nSPS) is 10.9. The third kappa shape index (κ3) is 3.08. The van der Waals surface area contributed by atoms with Crippen molar-refractivity contribution in [1.29, 1.82) is 0 Å². The number of fused-ring (bicyclic) bond motifs is 1. The predicted molar refractivity (Wildman–Crippen MR) is 89.2 cm³/mol. The van der Waals surface area contributed by atoms with Gasteiger partial charge in [0, 0.05) is 16.2 Å². The van der Waals surface area contributed by atoms with Gasteiger partial charge in [0.25, 0.3) is 0 Å². The largest absolute Gasteiger partial charge is 0.290 e. The maximum atomic E-state index is 6.17. The molecule has 0 unspecified atom stereocenters. The van der Waals surface area contributed by atoms with E-state index in [2.05, 4.69) is 15.0 Å². The van der Waals surface area contributed by atoms with Crippen molar-refractivity contribution in [2.24, 2.45) is 5.84 Å². The van der Waals surface area contributed by atoms with Crippen LogP contribution in [0.2, 0.25) is 15.3 Å². The number of benzene rings is 1. The van der Waals surface area contributed by atoms with E-state index in [1.807, 2.05) is 12.1 Å². The highest BCUT2D eigenvalue weighted by atomic mass is 35.5. The Bertz CT molecular complexity index is 840. The van der Waals surface area contributed by atoms with E-state index in [0.29, 0.717) is 33.4 Å². The van der Waals surface area contributed by atoms with Gasteiger partial charge in [-0.25, -0.2) is 10.8 Å². The molecule has 2 N–H and O–H groups in total. The molecule has 0 fully saturated rings. The number of halogens is 3. The fraction of sp³-hybridized carbons (Fsp3) is 0.0714. The van der Waals surface area contributed by atoms with Crippen molar-refractivity contribution in [3.8, 4) is 0 Å². The average molecular weight is 355 g/mol. The summed E-state index contributed by atoms with van der Waals surface area (Å²) in [6, 6.07) is 8.85. The molecule has 5 nitrogen and oxygen atoms in total. The average Bonchev–Trinajstić information content (AvgIpc) is 2.49. The van der Waals surface area contributed by atoms with Gasteiger partial charge in [0.15, 0.2) is 11.5 Å². The predicted octanol–water partition coefficient (Wildman–Crippen LogP) is 3.87. The summed E-state index contributed by atoms with van der Waals surface area (Å²) < 4.78 is 0. The van der Waals surface area contributed by atoms with Gasteiger partial charge in [0.2, 0.25) is 5.28 Å². The molecule has 3 rings (SSSR count). The molecule has 0 radical (unpaired) electrons. The first-order chi connectivity index (χ1) is 10.5. The summed E-state index contributed by atoms with van der Waals surface area (Å²) in [5, 5.41) is 3.34. The molecule has 0 bridgehead atoms. The van der Waals surface area contributed by atoms with E-state index in [0.717, 1.165) is 5.56 Å². The number of nitrogens with zero attached hydrogens (tertiary/aromatic N) is 4. The van der Waals surface area contributed by atoms with E-state index in [1.54, 1.807) is 24.4 Å². The van der Waals surface area contributed by atoms with Gasteiger partial charge >= 0.3 is 0 Å². The standard InChI is InChI=1S/C14H10Cl3N5/c15-9-4-3-8(11(16)6-9)7-22(18)13-10-2-1-5-19-12(10)20-14(17)21-13/h1-6H,7,18H2. The highest BCUT2D eigenvalue weighted by Gasteiger charge is 2.14. The minimum atomic E-state index is 0.0823. The molecule has 0 aliphatic heterocycles. The van der Waals surface area contributed by atoms with Crippen LogP contribution in [0.1, 0.15) is 5.56 Å². The molecule has 2 heterocycles. The Balaban J connectivity index is 2.00. The van der Waals surface area contributed by atoms with Gasteiger partial charge < -0.3 is 0 Å². The maximum absolute atomic E-state index is 6.17. The Hall–Kier alpha value is -1.66. The SMILES string of the molecule is NN(Cc1ccc(Cl)cc1Cl)c1nc(Cl)nc2ncccc12. The lowest BCUT2D eigenvalue weighted by molar-refractivity contribution is 0.835. The lowest BCUT2D eigenvalue weighted by Crippen LogP contribution is -2.31. The van der Waals surface area contributed by atoms with Crippen LogP contribution in [0.4, 0.5) is 5.82 Å². The van der Waals surface area contributed by atoms with E-state index in [1.165, 1.54) is 5.01 Å². The lowest BCUT2D eigenvalue weighted by Gasteiger charge is -2.19. The summed E-state index contributed by atoms with van der Waals surface area (Å²) in [6.07, 6.45) is 1.63. The van der Waals surface area contributed by atoms with Gasteiger partial charge in [-0.05, 0) is 41.4 Å². The Kier molecular flexibility index (Phi) is 4.31. The van der Waals surface area contributed by atoms with Crippen molar-refractivity contribution in [3.05, 3.63) is 57.4 Å². The van der Waals surface area contributed by atoms with Gasteiger partial charge in [0.1, 0.15) is 0 Å². The van der Waals surface area contributed by atoms with Gasteiger partial charge in [0.05, 0.1) is 11.9 Å². The molecular weight excluding hydrogens is 345 g/mol. The van der Waals surface area contributed by atoms with E-state index in [4.69, 9.17) is 40.6 Å². The molecule has 2 aromatic heterocycles. The zero-order valence-electron chi connectivity index (χ0n) is 11.2. The van der Waals surface area contributed by atoms with Crippen LogP contribution in [0.5, 0.6) is 0 Å². The number of nitrogens with two attached hydrogens (primary N) is 1. The third-order valence-electron chi connectivity index (χ3n) is 3.05. The smallest absolute Gasteiger partial charge is 0.226 e. The van der Waals surface area contributed by atoms with Crippen molar-refractivity contribution in [3.63, 3.8) is 0 Å². The molecule has 0 saturated heterocycles. The zero-order valence-corrected chi connectivity index (χ0v) is 13.4. The molecule has 0 saturated carbocycles. The summed E-state index contributed by atoms with van der Waals surface area (Å²) in [4.78, 5) is 12.4. The summed E-state index contributed by atoms with van der Waals surface area (Å²) in [6.45, 7) is 0.341. The van der Waals surface area contributed by atoms with Crippen LogP contribution in [0.15, 0.2) is 36.5 Å². The molecule has 112 valence electrons. The first-order valence-corrected chi connectivity index (χ1v) is 7.42. The first-order valence-electron chi connectivity index (χ1n) is 6.29. The topological polar surface area (TPSA) is 67.9 Å². The van der Waals surface area contributed by atoms with Crippen molar-refractivity contribution in [2.75, 3.05) is 5.01 Å². The van der Waals surface area contributed by atoms with Crippen LogP contribution >= 0.6 is 34.8 Å². The van der Waals surface area contributed by atoms with Crippen LogP contribution in [0, 0.1) is 0 Å². The second-order valence-corrected chi connectivity index (χ2v) is 5.74. The number of pyridine rings is 1. The van der Waals surface area contributed by atoms with E-state index >= 15 is 0 Å². The molecule has 3 aromatic rings. The minimum absolute atomic E-state index is 0.0823. The van der Waals surface area contributed by atoms with Crippen molar-refractivity contribution >= 4 is 51.7 Å². The van der Waals surface area contributed by atoms with Crippen molar-refractivity contribution in [1.82, 2.24) is 15.0 Å². The first kappa shape index (κ1) is 15.2. The quantitative estimate of drug-likeness (QED) is 0.439. The van der Waals surface area contributed by atoms with E-state index in [-0.39, 0.29) is 5.28 Å². The summed E-state index contributed by atoms with van der Waals surface area (Å²) >= 11 is 18.0. The van der Waals surface area contributed by atoms with Crippen LogP contribution in [-0.2, 0) is 6.54 Å². The number of hydrogen-bond acceptors (Lipinski definition) is 5. The zero-order chi connectivity index (χ0) is 15.7. The Morgan fingerprint density at radius 2 is 1.91 bits per heavy atom. The Labute approximate surface area is 141 Å². The number of hydrazine groups is 1. The van der Waals surface area contributed by atoms with Gasteiger partial charge in [-0.15, -0.1) is 0 Å². The molecule has 0 aliphatic rings. The number of aromatic nitrogens is 3. The fourth-order valence-corrected chi connectivity index (χ4v) is 2.68. The van der Waals surface area contributed by atoms with Crippen LogP contribution in [0.25, 0.3) is 11.0 Å². The summed E-state index contributed by atoms with van der Waals surface area (Å²) in [7, 11) is 0. The Morgan fingerprint density at radius 1 is 1.09 bits per heavy atom. The van der Waals surface area contributed by atoms with Gasteiger partial charge in [-0.1, -0.05) is 29.3 Å². The van der Waals surface area contributed by atoms with E-state index in [9.17, 15) is 0 Å². The molecule has 8 heteroatoms. The monoisotopic (exact) mass is 353 g/mol. The minimum Gasteiger partial charge on any atom is -0.290 e. The second-order valence-electron chi connectivity index (χ2n) is 4.55. The van der Waals surface area contributed by atoms with Crippen molar-refractivity contribution in [2.45, 2.75) is 6.54 Å². The molecule has 0 spiro atoms. The van der Waals surface area contributed by atoms with Crippen molar-refractivity contribution < 1.29 is 0 Å². The molecule has 0 amide bonds. The number of hydrogen-bond donors (Lipinski definition) is 1.